The standard InChI is InChI=1S/C12H22O/c1-7-8-9(2)10(3)11(13)12(4,5)6/h10H,2,7-8H2,1,3-6H3. The molecule has 0 radical (unpaired) electrons. The van der Waals surface area contributed by atoms with Crippen molar-refractivity contribution in [1.82, 2.24) is 0 Å². The van der Waals surface area contributed by atoms with Crippen LogP contribution in [0.15, 0.2) is 12.2 Å². The highest BCUT2D eigenvalue weighted by Crippen LogP contribution is 2.25. The second kappa shape index (κ2) is 4.59. The van der Waals surface area contributed by atoms with Crippen molar-refractivity contribution in [2.75, 3.05) is 0 Å². The van der Waals surface area contributed by atoms with E-state index in [4.69, 9.17) is 0 Å². The number of hydrogen-bond donors (Lipinski definition) is 0. The molecule has 0 amide bonds. The van der Waals surface area contributed by atoms with Crippen molar-refractivity contribution < 1.29 is 4.79 Å². The third kappa shape index (κ3) is 3.75. The van der Waals surface area contributed by atoms with Crippen LogP contribution in [-0.4, -0.2) is 5.78 Å². The quantitative estimate of drug-likeness (QED) is 0.607. The van der Waals surface area contributed by atoms with Crippen molar-refractivity contribution in [2.45, 2.75) is 47.5 Å². The highest BCUT2D eigenvalue weighted by molar-refractivity contribution is 5.87. The Morgan fingerprint density at radius 2 is 1.85 bits per heavy atom. The Morgan fingerprint density at radius 1 is 1.38 bits per heavy atom. The second-order valence-electron chi connectivity index (χ2n) is 4.74. The van der Waals surface area contributed by atoms with Crippen molar-refractivity contribution in [3.05, 3.63) is 12.2 Å². The van der Waals surface area contributed by atoms with Crippen molar-refractivity contribution in [1.29, 1.82) is 0 Å². The molecule has 13 heavy (non-hydrogen) atoms. The van der Waals surface area contributed by atoms with Gasteiger partial charge in [0, 0.05) is 11.3 Å². The van der Waals surface area contributed by atoms with Gasteiger partial charge in [-0.2, -0.15) is 0 Å². The van der Waals surface area contributed by atoms with Gasteiger partial charge in [-0.1, -0.05) is 53.2 Å². The predicted octanol–water partition coefficient (Wildman–Crippen LogP) is 3.59. The number of hydrogen-bond acceptors (Lipinski definition) is 1. The summed E-state index contributed by atoms with van der Waals surface area (Å²) in [7, 11) is 0. The minimum absolute atomic E-state index is 0.0138. The Hall–Kier alpha value is -0.590. The van der Waals surface area contributed by atoms with Crippen LogP contribution < -0.4 is 0 Å². The van der Waals surface area contributed by atoms with Gasteiger partial charge in [-0.25, -0.2) is 0 Å². The van der Waals surface area contributed by atoms with Gasteiger partial charge >= 0.3 is 0 Å². The summed E-state index contributed by atoms with van der Waals surface area (Å²) >= 11 is 0. The van der Waals surface area contributed by atoms with E-state index < -0.39 is 0 Å². The molecule has 0 heterocycles. The average molecular weight is 182 g/mol. The highest BCUT2D eigenvalue weighted by Gasteiger charge is 2.27. The van der Waals surface area contributed by atoms with E-state index in [9.17, 15) is 4.79 Å². The Kier molecular flexibility index (Phi) is 4.38. The van der Waals surface area contributed by atoms with Gasteiger partial charge in [0.05, 0.1) is 0 Å². The average Bonchev–Trinajstić information content (AvgIpc) is 2.00. The normalized spacial score (nSPS) is 13.9. The van der Waals surface area contributed by atoms with Gasteiger partial charge in [-0.05, 0) is 6.42 Å². The van der Waals surface area contributed by atoms with Crippen molar-refractivity contribution in [3.63, 3.8) is 0 Å². The summed E-state index contributed by atoms with van der Waals surface area (Å²) in [6.07, 6.45) is 2.03. The van der Waals surface area contributed by atoms with Gasteiger partial charge in [0.15, 0.2) is 0 Å². The van der Waals surface area contributed by atoms with Crippen LogP contribution in [0, 0.1) is 11.3 Å². The molecule has 0 N–H and O–H groups in total. The Morgan fingerprint density at radius 3 is 2.15 bits per heavy atom. The zero-order chi connectivity index (χ0) is 10.6. The summed E-state index contributed by atoms with van der Waals surface area (Å²) in [6, 6.07) is 0. The summed E-state index contributed by atoms with van der Waals surface area (Å²) in [5.41, 5.74) is 0.832. The lowest BCUT2D eigenvalue weighted by atomic mass is 9.80. The number of ketones is 1. The van der Waals surface area contributed by atoms with Gasteiger partial charge in [-0.15, -0.1) is 0 Å². The van der Waals surface area contributed by atoms with E-state index in [0.29, 0.717) is 5.78 Å². The second-order valence-corrected chi connectivity index (χ2v) is 4.74. The van der Waals surface area contributed by atoms with Crippen molar-refractivity contribution in [3.8, 4) is 0 Å². The lowest BCUT2D eigenvalue weighted by Crippen LogP contribution is -2.27. The third-order valence-electron chi connectivity index (χ3n) is 2.32. The van der Waals surface area contributed by atoms with Crippen LogP contribution in [0.2, 0.25) is 0 Å². The summed E-state index contributed by atoms with van der Waals surface area (Å²) in [5.74, 6) is 0.311. The maximum absolute atomic E-state index is 11.8. The molecule has 0 aromatic carbocycles. The molecule has 1 nitrogen and oxygen atoms in total. The molecule has 0 aliphatic carbocycles. The smallest absolute Gasteiger partial charge is 0.144 e. The fraction of sp³-hybridized carbons (Fsp3) is 0.750. The molecular weight excluding hydrogens is 160 g/mol. The molecule has 0 aliphatic rings. The first-order chi connectivity index (χ1) is 5.80. The van der Waals surface area contributed by atoms with Crippen LogP contribution in [-0.2, 0) is 4.79 Å². The van der Waals surface area contributed by atoms with Crippen LogP contribution >= 0.6 is 0 Å². The Bertz CT molecular complexity index is 196. The number of Topliss-reactive ketones (excluding diaryl/α,β-unsaturated/α-hetero) is 1. The van der Waals surface area contributed by atoms with Crippen LogP contribution in [0.5, 0.6) is 0 Å². The molecule has 0 aromatic rings. The van der Waals surface area contributed by atoms with E-state index in [1.807, 2.05) is 27.7 Å². The molecule has 0 bridgehead atoms. The number of carbonyl (C=O) groups excluding carboxylic acids is 1. The number of rotatable bonds is 4. The zero-order valence-corrected chi connectivity index (χ0v) is 9.61. The van der Waals surface area contributed by atoms with Crippen LogP contribution in [0.3, 0.4) is 0 Å². The van der Waals surface area contributed by atoms with Gasteiger partial charge in [0.1, 0.15) is 5.78 Å². The van der Waals surface area contributed by atoms with Gasteiger partial charge in [-0.3, -0.25) is 4.79 Å². The van der Waals surface area contributed by atoms with E-state index in [0.717, 1.165) is 18.4 Å². The molecule has 1 atom stereocenters. The first-order valence-electron chi connectivity index (χ1n) is 5.02. The van der Waals surface area contributed by atoms with Crippen molar-refractivity contribution in [2.24, 2.45) is 11.3 Å². The fourth-order valence-electron chi connectivity index (χ4n) is 1.37. The third-order valence-corrected chi connectivity index (χ3v) is 2.32. The molecule has 0 spiro atoms. The summed E-state index contributed by atoms with van der Waals surface area (Å²) in [5, 5.41) is 0. The maximum Gasteiger partial charge on any atom is 0.144 e. The minimum Gasteiger partial charge on any atom is -0.298 e. The highest BCUT2D eigenvalue weighted by atomic mass is 16.1. The van der Waals surface area contributed by atoms with Gasteiger partial charge in [0.2, 0.25) is 0 Å². The SMILES string of the molecule is C=C(CCC)C(C)C(=O)C(C)(C)C. The Labute approximate surface area is 82.2 Å². The molecule has 0 saturated carbocycles. The van der Waals surface area contributed by atoms with Gasteiger partial charge < -0.3 is 0 Å². The van der Waals surface area contributed by atoms with E-state index in [1.165, 1.54) is 0 Å². The summed E-state index contributed by atoms with van der Waals surface area (Å²) in [4.78, 5) is 11.8. The van der Waals surface area contributed by atoms with Gasteiger partial charge in [0.25, 0.3) is 0 Å². The van der Waals surface area contributed by atoms with E-state index >= 15 is 0 Å². The maximum atomic E-state index is 11.8. The number of allylic oxidation sites excluding steroid dienone is 1. The van der Waals surface area contributed by atoms with Crippen molar-refractivity contribution >= 4 is 5.78 Å². The van der Waals surface area contributed by atoms with E-state index in [-0.39, 0.29) is 11.3 Å². The zero-order valence-electron chi connectivity index (χ0n) is 9.61. The molecule has 1 unspecified atom stereocenters. The number of carbonyl (C=O) groups is 1. The molecule has 76 valence electrons. The molecule has 0 aromatic heterocycles. The van der Waals surface area contributed by atoms with Crippen LogP contribution in [0.4, 0.5) is 0 Å². The lowest BCUT2D eigenvalue weighted by molar-refractivity contribution is -0.128. The molecule has 0 fully saturated rings. The molecular formula is C12H22O. The van der Waals surface area contributed by atoms with E-state index in [1.54, 1.807) is 0 Å². The summed E-state index contributed by atoms with van der Waals surface area (Å²) in [6.45, 7) is 13.9. The topological polar surface area (TPSA) is 17.1 Å². The fourth-order valence-corrected chi connectivity index (χ4v) is 1.37. The predicted molar refractivity (Wildman–Crippen MR) is 57.7 cm³/mol. The Balaban J connectivity index is 4.35. The molecule has 0 saturated heterocycles. The van der Waals surface area contributed by atoms with E-state index in [2.05, 4.69) is 13.5 Å². The molecule has 0 aliphatic heterocycles. The van der Waals surface area contributed by atoms with Crippen LogP contribution in [0.25, 0.3) is 0 Å². The first kappa shape index (κ1) is 12.4. The molecule has 1 heteroatoms. The minimum atomic E-state index is -0.240. The largest absolute Gasteiger partial charge is 0.298 e. The molecule has 0 rings (SSSR count). The summed E-state index contributed by atoms with van der Waals surface area (Å²) < 4.78 is 0. The van der Waals surface area contributed by atoms with Crippen LogP contribution in [0.1, 0.15) is 47.5 Å². The monoisotopic (exact) mass is 182 g/mol. The lowest BCUT2D eigenvalue weighted by Gasteiger charge is -2.23. The first-order valence-corrected chi connectivity index (χ1v) is 5.02.